The summed E-state index contributed by atoms with van der Waals surface area (Å²) in [7, 11) is 0. The molecule has 3 aromatic rings. The van der Waals surface area contributed by atoms with Crippen molar-refractivity contribution in [3.63, 3.8) is 0 Å². The topological polar surface area (TPSA) is 0 Å². The number of hydrogen-bond acceptors (Lipinski definition) is 0. The molecule has 0 N–H and O–H groups in total. The van der Waals surface area contributed by atoms with Crippen molar-refractivity contribution in [2.24, 2.45) is 0 Å². The summed E-state index contributed by atoms with van der Waals surface area (Å²) < 4.78 is 14.9. The molecule has 0 saturated carbocycles. The van der Waals surface area contributed by atoms with Crippen LogP contribution in [0, 0.1) is 9.39 Å². The van der Waals surface area contributed by atoms with Crippen molar-refractivity contribution in [2.45, 2.75) is 0 Å². The van der Waals surface area contributed by atoms with Crippen LogP contribution in [0.25, 0.3) is 22.3 Å². The molecule has 0 aliphatic carbocycles. The van der Waals surface area contributed by atoms with Gasteiger partial charge >= 0.3 is 0 Å². The first-order valence-electron chi connectivity index (χ1n) is 6.35. The van der Waals surface area contributed by atoms with Crippen LogP contribution in [-0.2, 0) is 0 Å². The standard InChI is InChI=1S/C18H12FI/c19-17-12-15(13-7-3-1-4-8-13)11-16(18(17)20)14-9-5-2-6-10-14/h1-12H. The molecule has 20 heavy (non-hydrogen) atoms. The van der Waals surface area contributed by atoms with Crippen LogP contribution >= 0.6 is 22.6 Å². The maximum Gasteiger partial charge on any atom is 0.137 e. The third-order valence-corrected chi connectivity index (χ3v) is 4.32. The average molecular weight is 374 g/mol. The van der Waals surface area contributed by atoms with Crippen LogP contribution in [-0.4, -0.2) is 0 Å². The van der Waals surface area contributed by atoms with E-state index in [0.717, 1.165) is 22.3 Å². The minimum absolute atomic E-state index is 0.175. The minimum atomic E-state index is -0.175. The molecule has 2 heteroatoms. The van der Waals surface area contributed by atoms with Gasteiger partial charge in [0, 0.05) is 0 Å². The summed E-state index contributed by atoms with van der Waals surface area (Å²) in [5.74, 6) is -0.175. The summed E-state index contributed by atoms with van der Waals surface area (Å²) in [4.78, 5) is 0. The first kappa shape index (κ1) is 13.3. The maximum absolute atomic E-state index is 14.2. The fraction of sp³-hybridized carbons (Fsp3) is 0. The summed E-state index contributed by atoms with van der Waals surface area (Å²) in [5, 5.41) is 0. The van der Waals surface area contributed by atoms with Crippen LogP contribution < -0.4 is 0 Å². The second-order valence-corrected chi connectivity index (χ2v) is 5.63. The highest BCUT2D eigenvalue weighted by Gasteiger charge is 2.11. The lowest BCUT2D eigenvalue weighted by molar-refractivity contribution is 0.621. The van der Waals surface area contributed by atoms with Gasteiger partial charge in [-0.1, -0.05) is 60.7 Å². The lowest BCUT2D eigenvalue weighted by atomic mass is 9.99. The number of halogens is 2. The largest absolute Gasteiger partial charge is 0.206 e. The number of rotatable bonds is 2. The molecule has 0 aromatic heterocycles. The van der Waals surface area contributed by atoms with Gasteiger partial charge in [-0.15, -0.1) is 0 Å². The summed E-state index contributed by atoms with van der Waals surface area (Å²) in [5.41, 5.74) is 3.90. The van der Waals surface area contributed by atoms with Crippen molar-refractivity contribution >= 4 is 22.6 Å². The van der Waals surface area contributed by atoms with Gasteiger partial charge in [-0.25, -0.2) is 4.39 Å². The quantitative estimate of drug-likeness (QED) is 0.500. The Balaban J connectivity index is 2.19. The number of benzene rings is 3. The third kappa shape index (κ3) is 2.61. The van der Waals surface area contributed by atoms with E-state index in [0.29, 0.717) is 3.57 Å². The van der Waals surface area contributed by atoms with Gasteiger partial charge in [0.1, 0.15) is 5.82 Å². The Morgan fingerprint density at radius 1 is 0.650 bits per heavy atom. The molecule has 3 aromatic carbocycles. The Morgan fingerprint density at radius 2 is 1.20 bits per heavy atom. The molecule has 0 fully saturated rings. The summed E-state index contributed by atoms with van der Waals surface area (Å²) in [6.45, 7) is 0. The molecule has 0 aliphatic heterocycles. The van der Waals surface area contributed by atoms with Gasteiger partial charge in [-0.05, 0) is 57.0 Å². The van der Waals surface area contributed by atoms with Crippen molar-refractivity contribution < 1.29 is 4.39 Å². The van der Waals surface area contributed by atoms with Crippen LogP contribution in [0.2, 0.25) is 0 Å². The van der Waals surface area contributed by atoms with Crippen molar-refractivity contribution in [3.8, 4) is 22.3 Å². The van der Waals surface area contributed by atoms with Gasteiger partial charge in [0.15, 0.2) is 0 Å². The van der Waals surface area contributed by atoms with Crippen LogP contribution in [0.5, 0.6) is 0 Å². The summed E-state index contributed by atoms with van der Waals surface area (Å²) in [6, 6.07) is 23.5. The zero-order valence-corrected chi connectivity index (χ0v) is 12.8. The van der Waals surface area contributed by atoms with Crippen molar-refractivity contribution in [1.82, 2.24) is 0 Å². The molecule has 0 spiro atoms. The normalized spacial score (nSPS) is 10.5. The average Bonchev–Trinajstić information content (AvgIpc) is 2.51. The Hall–Kier alpha value is -1.68. The molecular formula is C18H12FI. The first-order chi connectivity index (χ1) is 9.75. The molecule has 0 aliphatic rings. The van der Waals surface area contributed by atoms with Crippen LogP contribution in [0.3, 0.4) is 0 Å². The van der Waals surface area contributed by atoms with Gasteiger partial charge in [0.25, 0.3) is 0 Å². The second kappa shape index (κ2) is 5.75. The zero-order chi connectivity index (χ0) is 13.9. The van der Waals surface area contributed by atoms with Gasteiger partial charge in [0.2, 0.25) is 0 Å². The van der Waals surface area contributed by atoms with Gasteiger partial charge < -0.3 is 0 Å². The predicted molar refractivity (Wildman–Crippen MR) is 90.0 cm³/mol. The van der Waals surface area contributed by atoms with Crippen molar-refractivity contribution in [3.05, 3.63) is 82.2 Å². The van der Waals surface area contributed by atoms with Gasteiger partial charge in [0.05, 0.1) is 3.57 Å². The molecule has 0 heterocycles. The predicted octanol–water partition coefficient (Wildman–Crippen LogP) is 5.76. The monoisotopic (exact) mass is 374 g/mol. The molecule has 3 rings (SSSR count). The molecule has 0 amide bonds. The van der Waals surface area contributed by atoms with E-state index in [1.54, 1.807) is 6.07 Å². The molecule has 0 bridgehead atoms. The highest BCUT2D eigenvalue weighted by atomic mass is 127. The van der Waals surface area contributed by atoms with Crippen LogP contribution in [0.15, 0.2) is 72.8 Å². The van der Waals surface area contributed by atoms with E-state index in [1.165, 1.54) is 0 Å². The zero-order valence-electron chi connectivity index (χ0n) is 10.7. The highest BCUT2D eigenvalue weighted by molar-refractivity contribution is 14.1. The molecule has 0 radical (unpaired) electrons. The van der Waals surface area contributed by atoms with Crippen LogP contribution in [0.4, 0.5) is 4.39 Å². The van der Waals surface area contributed by atoms with E-state index in [-0.39, 0.29) is 5.82 Å². The fourth-order valence-corrected chi connectivity index (χ4v) is 2.84. The molecular weight excluding hydrogens is 362 g/mol. The smallest absolute Gasteiger partial charge is 0.137 e. The van der Waals surface area contributed by atoms with E-state index < -0.39 is 0 Å². The maximum atomic E-state index is 14.2. The second-order valence-electron chi connectivity index (χ2n) is 4.55. The van der Waals surface area contributed by atoms with E-state index >= 15 is 0 Å². The number of hydrogen-bond donors (Lipinski definition) is 0. The fourth-order valence-electron chi connectivity index (χ4n) is 2.21. The Morgan fingerprint density at radius 3 is 1.80 bits per heavy atom. The highest BCUT2D eigenvalue weighted by Crippen LogP contribution is 2.32. The Labute approximate surface area is 131 Å². The molecule has 0 atom stereocenters. The van der Waals surface area contributed by atoms with E-state index in [2.05, 4.69) is 28.7 Å². The lowest BCUT2D eigenvalue weighted by Gasteiger charge is -2.10. The minimum Gasteiger partial charge on any atom is -0.206 e. The van der Waals surface area contributed by atoms with Crippen molar-refractivity contribution in [1.29, 1.82) is 0 Å². The summed E-state index contributed by atoms with van der Waals surface area (Å²) >= 11 is 2.07. The SMILES string of the molecule is Fc1cc(-c2ccccc2)cc(-c2ccccc2)c1I. The van der Waals surface area contributed by atoms with Crippen molar-refractivity contribution in [2.75, 3.05) is 0 Å². The van der Waals surface area contributed by atoms with E-state index in [1.807, 2.05) is 60.7 Å². The Bertz CT molecular complexity index is 721. The molecule has 0 unspecified atom stereocenters. The van der Waals surface area contributed by atoms with Gasteiger partial charge in [-0.2, -0.15) is 0 Å². The summed E-state index contributed by atoms with van der Waals surface area (Å²) in [6.07, 6.45) is 0. The van der Waals surface area contributed by atoms with E-state index in [4.69, 9.17) is 0 Å². The van der Waals surface area contributed by atoms with Gasteiger partial charge in [-0.3, -0.25) is 0 Å². The Kier molecular flexibility index (Phi) is 3.83. The molecule has 0 saturated heterocycles. The van der Waals surface area contributed by atoms with Crippen LogP contribution in [0.1, 0.15) is 0 Å². The molecule has 98 valence electrons. The lowest BCUT2D eigenvalue weighted by Crippen LogP contribution is -1.90. The third-order valence-electron chi connectivity index (χ3n) is 3.22. The van der Waals surface area contributed by atoms with E-state index in [9.17, 15) is 4.39 Å². The first-order valence-corrected chi connectivity index (χ1v) is 7.43. The molecule has 0 nitrogen and oxygen atoms in total.